The maximum absolute atomic E-state index is 6.23. The lowest BCUT2D eigenvalue weighted by Crippen LogP contribution is -2.29. The topological polar surface area (TPSA) is 53.1 Å². The summed E-state index contributed by atoms with van der Waals surface area (Å²) in [6.07, 6.45) is 3.06. The van der Waals surface area contributed by atoms with Gasteiger partial charge in [0, 0.05) is 32.5 Å². The highest BCUT2D eigenvalue weighted by atomic mass is 16.5. The molecule has 0 aliphatic heterocycles. The maximum Gasteiger partial charge on any atom is 0.0628 e. The Balaban J connectivity index is 2.49. The molecule has 2 N–H and O–H groups in total. The third-order valence-corrected chi connectivity index (χ3v) is 3.89. The molecular weight excluding hydrogens is 226 g/mol. The molecule has 0 saturated heterocycles. The van der Waals surface area contributed by atoms with Gasteiger partial charge in [-0.2, -0.15) is 5.10 Å². The molecule has 0 aliphatic rings. The van der Waals surface area contributed by atoms with Crippen molar-refractivity contribution in [1.82, 2.24) is 9.78 Å². The van der Waals surface area contributed by atoms with Crippen LogP contribution in [0.25, 0.3) is 0 Å². The van der Waals surface area contributed by atoms with Crippen molar-refractivity contribution in [3.8, 4) is 0 Å². The van der Waals surface area contributed by atoms with Gasteiger partial charge in [-0.3, -0.25) is 4.68 Å². The summed E-state index contributed by atoms with van der Waals surface area (Å²) in [5.74, 6) is 0.502. The fourth-order valence-corrected chi connectivity index (χ4v) is 2.29. The average Bonchev–Trinajstić information content (AvgIpc) is 2.58. The van der Waals surface area contributed by atoms with E-state index >= 15 is 0 Å². The van der Waals surface area contributed by atoms with E-state index in [1.54, 1.807) is 7.11 Å². The van der Waals surface area contributed by atoms with Crippen LogP contribution in [0.3, 0.4) is 0 Å². The first kappa shape index (κ1) is 15.2. The average molecular weight is 253 g/mol. The zero-order chi connectivity index (χ0) is 13.7. The van der Waals surface area contributed by atoms with Gasteiger partial charge in [0.05, 0.1) is 5.69 Å². The standard InChI is InChI=1S/C14H27N3O/c1-10(8-9-18-5)14(15)7-6-13-11(2)16-17(4)12(13)3/h10,14H,6-9,15H2,1-5H3. The van der Waals surface area contributed by atoms with E-state index < -0.39 is 0 Å². The van der Waals surface area contributed by atoms with Crippen molar-refractivity contribution in [3.05, 3.63) is 17.0 Å². The summed E-state index contributed by atoms with van der Waals surface area (Å²) in [5.41, 5.74) is 9.97. The van der Waals surface area contributed by atoms with E-state index in [-0.39, 0.29) is 6.04 Å². The van der Waals surface area contributed by atoms with E-state index in [4.69, 9.17) is 10.5 Å². The van der Waals surface area contributed by atoms with E-state index in [1.807, 2.05) is 11.7 Å². The summed E-state index contributed by atoms with van der Waals surface area (Å²) < 4.78 is 7.05. The van der Waals surface area contributed by atoms with Gasteiger partial charge in [0.1, 0.15) is 0 Å². The summed E-state index contributed by atoms with van der Waals surface area (Å²) in [6.45, 7) is 7.18. The highest BCUT2D eigenvalue weighted by molar-refractivity contribution is 5.24. The molecule has 18 heavy (non-hydrogen) atoms. The third kappa shape index (κ3) is 3.82. The Morgan fingerprint density at radius 3 is 2.50 bits per heavy atom. The Morgan fingerprint density at radius 1 is 1.33 bits per heavy atom. The van der Waals surface area contributed by atoms with Gasteiger partial charge in [-0.25, -0.2) is 0 Å². The second-order valence-electron chi connectivity index (χ2n) is 5.23. The minimum absolute atomic E-state index is 0.235. The molecule has 0 bridgehead atoms. The van der Waals surface area contributed by atoms with Crippen LogP contribution in [0.5, 0.6) is 0 Å². The first-order chi connectivity index (χ1) is 8.47. The van der Waals surface area contributed by atoms with Gasteiger partial charge in [0.15, 0.2) is 0 Å². The smallest absolute Gasteiger partial charge is 0.0628 e. The van der Waals surface area contributed by atoms with Gasteiger partial charge in [-0.1, -0.05) is 6.92 Å². The van der Waals surface area contributed by atoms with Crippen molar-refractivity contribution < 1.29 is 4.74 Å². The highest BCUT2D eigenvalue weighted by Gasteiger charge is 2.15. The number of methoxy groups -OCH3 is 1. The molecule has 1 heterocycles. The number of aryl methyl sites for hydroxylation is 2. The number of aromatic nitrogens is 2. The lowest BCUT2D eigenvalue weighted by Gasteiger charge is -2.19. The SMILES string of the molecule is COCCC(C)C(N)CCc1c(C)nn(C)c1C. The van der Waals surface area contributed by atoms with Gasteiger partial charge >= 0.3 is 0 Å². The number of nitrogens with zero attached hydrogens (tertiary/aromatic N) is 2. The lowest BCUT2D eigenvalue weighted by molar-refractivity contribution is 0.173. The third-order valence-electron chi connectivity index (χ3n) is 3.89. The van der Waals surface area contributed by atoms with Gasteiger partial charge in [0.2, 0.25) is 0 Å². The molecule has 2 unspecified atom stereocenters. The Hall–Kier alpha value is -0.870. The van der Waals surface area contributed by atoms with Crippen molar-refractivity contribution in [3.63, 3.8) is 0 Å². The van der Waals surface area contributed by atoms with E-state index in [9.17, 15) is 0 Å². The summed E-state index contributed by atoms with van der Waals surface area (Å²) in [7, 11) is 3.73. The molecule has 1 aromatic heterocycles. The molecule has 0 aromatic carbocycles. The van der Waals surface area contributed by atoms with Gasteiger partial charge in [0.25, 0.3) is 0 Å². The molecule has 0 radical (unpaired) electrons. The Kier molecular flexibility index (Phi) is 5.82. The summed E-state index contributed by atoms with van der Waals surface area (Å²) in [6, 6.07) is 0.235. The summed E-state index contributed by atoms with van der Waals surface area (Å²) in [4.78, 5) is 0. The molecule has 104 valence electrons. The van der Waals surface area contributed by atoms with E-state index in [2.05, 4.69) is 25.9 Å². The molecule has 0 amide bonds. The molecule has 2 atom stereocenters. The Labute approximate surface area is 111 Å². The predicted molar refractivity (Wildman–Crippen MR) is 74.6 cm³/mol. The van der Waals surface area contributed by atoms with Crippen LogP contribution >= 0.6 is 0 Å². The first-order valence-corrected chi connectivity index (χ1v) is 6.71. The Bertz CT molecular complexity index is 373. The van der Waals surface area contributed by atoms with Gasteiger partial charge in [-0.05, 0) is 44.6 Å². The number of hydrogen-bond acceptors (Lipinski definition) is 3. The quantitative estimate of drug-likeness (QED) is 0.808. The zero-order valence-electron chi connectivity index (χ0n) is 12.4. The van der Waals surface area contributed by atoms with Gasteiger partial charge in [-0.15, -0.1) is 0 Å². The maximum atomic E-state index is 6.23. The highest BCUT2D eigenvalue weighted by Crippen LogP contribution is 2.17. The molecule has 0 fully saturated rings. The molecular formula is C14H27N3O. The molecule has 4 heteroatoms. The largest absolute Gasteiger partial charge is 0.385 e. The minimum Gasteiger partial charge on any atom is -0.385 e. The fraction of sp³-hybridized carbons (Fsp3) is 0.786. The second kappa shape index (κ2) is 6.90. The molecule has 1 rings (SSSR count). The zero-order valence-corrected chi connectivity index (χ0v) is 12.4. The van der Waals surface area contributed by atoms with Crippen LogP contribution in [0.4, 0.5) is 0 Å². The number of ether oxygens (including phenoxy) is 1. The van der Waals surface area contributed by atoms with Crippen LogP contribution in [-0.4, -0.2) is 29.5 Å². The second-order valence-corrected chi connectivity index (χ2v) is 5.23. The lowest BCUT2D eigenvalue weighted by atomic mass is 9.93. The van der Waals surface area contributed by atoms with E-state index in [0.29, 0.717) is 5.92 Å². The van der Waals surface area contributed by atoms with Crippen molar-refractivity contribution in [2.45, 2.75) is 46.1 Å². The first-order valence-electron chi connectivity index (χ1n) is 6.71. The van der Waals surface area contributed by atoms with Crippen LogP contribution in [0.15, 0.2) is 0 Å². The fourth-order valence-electron chi connectivity index (χ4n) is 2.29. The minimum atomic E-state index is 0.235. The van der Waals surface area contributed by atoms with Crippen molar-refractivity contribution in [2.24, 2.45) is 18.7 Å². The predicted octanol–water partition coefficient (Wildman–Crippen LogP) is 1.97. The number of nitrogens with two attached hydrogens (primary N) is 1. The summed E-state index contributed by atoms with van der Waals surface area (Å²) >= 11 is 0. The van der Waals surface area contributed by atoms with Crippen LogP contribution in [-0.2, 0) is 18.2 Å². The number of hydrogen-bond donors (Lipinski definition) is 1. The monoisotopic (exact) mass is 253 g/mol. The van der Waals surface area contributed by atoms with Crippen LogP contribution in [0.1, 0.15) is 36.7 Å². The van der Waals surface area contributed by atoms with Crippen LogP contribution in [0, 0.1) is 19.8 Å². The molecule has 4 nitrogen and oxygen atoms in total. The van der Waals surface area contributed by atoms with Crippen molar-refractivity contribution in [1.29, 1.82) is 0 Å². The Morgan fingerprint density at radius 2 is 2.00 bits per heavy atom. The molecule has 0 aliphatic carbocycles. The van der Waals surface area contributed by atoms with Crippen molar-refractivity contribution >= 4 is 0 Å². The van der Waals surface area contributed by atoms with Crippen molar-refractivity contribution in [2.75, 3.05) is 13.7 Å². The van der Waals surface area contributed by atoms with Crippen LogP contribution in [0.2, 0.25) is 0 Å². The number of rotatable bonds is 7. The van der Waals surface area contributed by atoms with Gasteiger partial charge < -0.3 is 10.5 Å². The van der Waals surface area contributed by atoms with E-state index in [1.165, 1.54) is 11.3 Å². The molecule has 1 aromatic rings. The van der Waals surface area contributed by atoms with E-state index in [0.717, 1.165) is 31.6 Å². The normalized spacial score (nSPS) is 14.8. The molecule has 0 saturated carbocycles. The molecule has 0 spiro atoms. The van der Waals surface area contributed by atoms with Crippen LogP contribution < -0.4 is 5.73 Å². The summed E-state index contributed by atoms with van der Waals surface area (Å²) in [5, 5.41) is 4.44.